The van der Waals surface area contributed by atoms with Crippen molar-refractivity contribution in [3.8, 4) is 5.75 Å². The number of benzene rings is 1. The molecule has 2 fully saturated rings. The molecule has 3 atom stereocenters. The number of amides is 1. The van der Waals surface area contributed by atoms with Gasteiger partial charge >= 0.3 is 21.7 Å². The maximum Gasteiger partial charge on any atom is 0.534 e. The molecular formula is C20H25F3N2O5S. The van der Waals surface area contributed by atoms with E-state index in [4.69, 9.17) is 0 Å². The molecule has 1 aromatic carbocycles. The second-order valence-electron chi connectivity index (χ2n) is 8.49. The minimum atomic E-state index is -5.74. The number of nitrogens with zero attached hydrogens (tertiary/aromatic N) is 2. The summed E-state index contributed by atoms with van der Waals surface area (Å²) in [6, 6.07) is 4.30. The molecule has 7 nitrogen and oxygen atoms in total. The number of piperidine rings is 1. The van der Waals surface area contributed by atoms with Crippen molar-refractivity contribution in [1.29, 1.82) is 0 Å². The standard InChI is InChI=1S/C20H25F3N2O5S/c1-2-24(18(26)27)25-10-9-19-8-4-3-5-15(19)17(25)11-13-6-7-14(12-16(13)19)30-31(28,29)20(21,22)23/h6-7,12,15,17H,2-5,8-11H2,1H3,(H,26,27)/t15-,17+,19+/m0/s1. The summed E-state index contributed by atoms with van der Waals surface area (Å²) in [5, 5.41) is 12.9. The molecule has 1 heterocycles. The van der Waals surface area contributed by atoms with E-state index < -0.39 is 21.7 Å². The molecule has 1 aromatic rings. The number of rotatable bonds is 4. The Hall–Kier alpha value is -2.01. The van der Waals surface area contributed by atoms with Crippen LogP contribution in [0.3, 0.4) is 0 Å². The Kier molecular flexibility index (Phi) is 5.40. The summed E-state index contributed by atoms with van der Waals surface area (Å²) in [5.41, 5.74) is -4.05. The third-order valence-corrected chi connectivity index (χ3v) is 8.08. The van der Waals surface area contributed by atoms with Gasteiger partial charge in [-0.3, -0.25) is 0 Å². The zero-order valence-electron chi connectivity index (χ0n) is 17.1. The Morgan fingerprint density at radius 2 is 2.06 bits per heavy atom. The molecule has 172 valence electrons. The molecule has 1 saturated carbocycles. The minimum Gasteiger partial charge on any atom is -0.464 e. The quantitative estimate of drug-likeness (QED) is 0.540. The third-order valence-electron chi connectivity index (χ3n) is 7.10. The van der Waals surface area contributed by atoms with Crippen LogP contribution in [0.25, 0.3) is 0 Å². The van der Waals surface area contributed by atoms with Crippen molar-refractivity contribution in [3.63, 3.8) is 0 Å². The largest absolute Gasteiger partial charge is 0.534 e. The molecule has 3 aliphatic rings. The van der Waals surface area contributed by atoms with Crippen LogP contribution in [0.5, 0.6) is 5.75 Å². The van der Waals surface area contributed by atoms with Gasteiger partial charge in [0.25, 0.3) is 0 Å². The summed E-state index contributed by atoms with van der Waals surface area (Å²) in [5.74, 6) is -0.193. The van der Waals surface area contributed by atoms with Crippen LogP contribution in [-0.4, -0.2) is 54.3 Å². The molecular weight excluding hydrogens is 437 g/mol. The van der Waals surface area contributed by atoms with Gasteiger partial charge in [0, 0.05) is 24.5 Å². The molecule has 0 unspecified atom stereocenters. The minimum absolute atomic E-state index is 0.0247. The van der Waals surface area contributed by atoms with Gasteiger partial charge in [-0.05, 0) is 61.8 Å². The van der Waals surface area contributed by atoms with Gasteiger partial charge < -0.3 is 9.29 Å². The van der Waals surface area contributed by atoms with Crippen molar-refractivity contribution in [2.75, 3.05) is 13.1 Å². The highest BCUT2D eigenvalue weighted by molar-refractivity contribution is 7.88. The van der Waals surface area contributed by atoms with E-state index in [1.165, 1.54) is 17.1 Å². The van der Waals surface area contributed by atoms with Gasteiger partial charge in [-0.15, -0.1) is 0 Å². The number of hydrogen-bond acceptors (Lipinski definition) is 5. The highest BCUT2D eigenvalue weighted by Gasteiger charge is 2.55. The van der Waals surface area contributed by atoms with Crippen molar-refractivity contribution >= 4 is 16.2 Å². The normalized spacial score (nSPS) is 28.4. The predicted molar refractivity (Wildman–Crippen MR) is 105 cm³/mol. The fraction of sp³-hybridized carbons (Fsp3) is 0.650. The number of carbonyl (C=O) groups is 1. The summed E-state index contributed by atoms with van der Waals surface area (Å²) >= 11 is 0. The average Bonchev–Trinajstić information content (AvgIpc) is 2.69. The molecule has 2 aliphatic carbocycles. The molecule has 1 N–H and O–H groups in total. The van der Waals surface area contributed by atoms with Crippen LogP contribution in [0, 0.1) is 5.92 Å². The Labute approximate surface area is 178 Å². The number of hydrazine groups is 1. The smallest absolute Gasteiger partial charge is 0.464 e. The van der Waals surface area contributed by atoms with E-state index in [0.29, 0.717) is 25.9 Å². The summed E-state index contributed by atoms with van der Waals surface area (Å²) in [4.78, 5) is 11.8. The third kappa shape index (κ3) is 3.55. The Morgan fingerprint density at radius 1 is 1.32 bits per heavy atom. The maximum atomic E-state index is 12.8. The molecule has 1 aliphatic heterocycles. The summed E-state index contributed by atoms with van der Waals surface area (Å²) in [6.45, 7) is 2.64. The number of alkyl halides is 3. The Morgan fingerprint density at radius 3 is 2.71 bits per heavy atom. The number of halogens is 3. The van der Waals surface area contributed by atoms with Crippen LogP contribution in [0.1, 0.15) is 50.2 Å². The lowest BCUT2D eigenvalue weighted by Gasteiger charge is -2.60. The molecule has 1 amide bonds. The molecule has 2 bridgehead atoms. The zero-order valence-corrected chi connectivity index (χ0v) is 17.9. The van der Waals surface area contributed by atoms with Crippen molar-refractivity contribution < 1.29 is 35.7 Å². The molecule has 0 aromatic heterocycles. The van der Waals surface area contributed by atoms with Gasteiger partial charge in [-0.25, -0.2) is 14.8 Å². The van der Waals surface area contributed by atoms with E-state index in [9.17, 15) is 31.5 Å². The van der Waals surface area contributed by atoms with Gasteiger partial charge in [0.2, 0.25) is 0 Å². The summed E-state index contributed by atoms with van der Waals surface area (Å²) in [7, 11) is -5.74. The number of carboxylic acid groups (broad SMARTS) is 1. The maximum absolute atomic E-state index is 12.8. The van der Waals surface area contributed by atoms with Crippen LogP contribution in [0.4, 0.5) is 18.0 Å². The van der Waals surface area contributed by atoms with Gasteiger partial charge in [-0.1, -0.05) is 18.9 Å². The van der Waals surface area contributed by atoms with E-state index in [1.807, 2.05) is 5.01 Å². The predicted octanol–water partition coefficient (Wildman–Crippen LogP) is 3.89. The van der Waals surface area contributed by atoms with Gasteiger partial charge in [0.1, 0.15) is 5.75 Å². The first-order chi connectivity index (χ1) is 14.5. The van der Waals surface area contributed by atoms with E-state index in [2.05, 4.69) is 4.18 Å². The second-order valence-corrected chi connectivity index (χ2v) is 10.0. The van der Waals surface area contributed by atoms with E-state index in [-0.39, 0.29) is 23.1 Å². The topological polar surface area (TPSA) is 87.2 Å². The molecule has 4 rings (SSSR count). The molecule has 0 radical (unpaired) electrons. The zero-order chi connectivity index (χ0) is 22.6. The number of hydrogen-bond donors (Lipinski definition) is 1. The lowest BCUT2D eigenvalue weighted by molar-refractivity contribution is -0.116. The van der Waals surface area contributed by atoms with E-state index in [0.717, 1.165) is 36.8 Å². The summed E-state index contributed by atoms with van der Waals surface area (Å²) < 4.78 is 65.7. The van der Waals surface area contributed by atoms with Crippen LogP contribution in [0.15, 0.2) is 18.2 Å². The summed E-state index contributed by atoms with van der Waals surface area (Å²) in [6.07, 6.45) is 3.90. The van der Waals surface area contributed by atoms with Crippen molar-refractivity contribution in [2.45, 2.75) is 62.4 Å². The van der Waals surface area contributed by atoms with Crippen LogP contribution < -0.4 is 4.18 Å². The first kappa shape index (κ1) is 22.2. The molecule has 11 heteroatoms. The van der Waals surface area contributed by atoms with Crippen LogP contribution in [-0.2, 0) is 22.0 Å². The monoisotopic (exact) mass is 462 g/mol. The highest BCUT2D eigenvalue weighted by Crippen LogP contribution is 2.56. The molecule has 0 spiro atoms. The first-order valence-corrected chi connectivity index (χ1v) is 11.8. The Bertz CT molecular complexity index is 984. The average molecular weight is 462 g/mol. The van der Waals surface area contributed by atoms with Crippen LogP contribution >= 0.6 is 0 Å². The lowest BCUT2D eigenvalue weighted by Crippen LogP contribution is -2.65. The van der Waals surface area contributed by atoms with Gasteiger partial charge in [0.05, 0.1) is 0 Å². The van der Waals surface area contributed by atoms with Crippen molar-refractivity contribution in [3.05, 3.63) is 29.3 Å². The SMILES string of the molecule is CCN(C(=O)O)N1CC[C@]23CCCC[C@H]2[C@H]1Cc1ccc(OS(=O)(=O)C(F)(F)F)cc13. The number of fused-ring (bicyclic) bond motifs is 1. The fourth-order valence-corrected chi connectivity index (χ4v) is 6.37. The molecule has 1 saturated heterocycles. The van der Waals surface area contributed by atoms with E-state index >= 15 is 0 Å². The van der Waals surface area contributed by atoms with E-state index in [1.54, 1.807) is 13.0 Å². The highest BCUT2D eigenvalue weighted by atomic mass is 32.2. The van der Waals surface area contributed by atoms with Crippen LogP contribution in [0.2, 0.25) is 0 Å². The van der Waals surface area contributed by atoms with Gasteiger partial charge in [0.15, 0.2) is 0 Å². The first-order valence-electron chi connectivity index (χ1n) is 10.4. The second kappa shape index (κ2) is 7.54. The van der Waals surface area contributed by atoms with Crippen molar-refractivity contribution in [2.24, 2.45) is 5.92 Å². The lowest BCUT2D eigenvalue weighted by atomic mass is 9.52. The molecule has 31 heavy (non-hydrogen) atoms. The van der Waals surface area contributed by atoms with Crippen molar-refractivity contribution in [1.82, 2.24) is 10.0 Å². The van der Waals surface area contributed by atoms with Gasteiger partial charge in [-0.2, -0.15) is 21.6 Å². The fourth-order valence-electron chi connectivity index (χ4n) is 5.92. The Balaban J connectivity index is 1.74.